The molecular weight excluding hydrogens is 751 g/mol. The number of nitrogens with one attached hydrogen (secondary N) is 2. The van der Waals surface area contributed by atoms with Crippen molar-refractivity contribution in [3.63, 3.8) is 0 Å². The van der Waals surface area contributed by atoms with E-state index in [2.05, 4.69) is 29.4 Å². The van der Waals surface area contributed by atoms with E-state index < -0.39 is 36.4 Å². The minimum absolute atomic E-state index is 0.165. The number of aliphatic carboxylic acids is 3. The summed E-state index contributed by atoms with van der Waals surface area (Å²) in [6.45, 7) is 6.75. The zero-order valence-corrected chi connectivity index (χ0v) is 38.1. The molecule has 0 saturated heterocycles. The summed E-state index contributed by atoms with van der Waals surface area (Å²) < 4.78 is 0. The Labute approximate surface area is 359 Å². The topological polar surface area (TPSA) is 194 Å². The second-order valence-corrected chi connectivity index (χ2v) is 16.9. The maximum Gasteiger partial charge on any atom is 0.336 e. The lowest BCUT2D eigenvalue weighted by molar-refractivity contribution is -0.170. The van der Waals surface area contributed by atoms with Crippen molar-refractivity contribution in [1.82, 2.24) is 15.5 Å². The second kappa shape index (κ2) is 43.4. The van der Waals surface area contributed by atoms with Gasteiger partial charge in [-0.25, -0.2) is 4.79 Å². The van der Waals surface area contributed by atoms with Gasteiger partial charge in [0.15, 0.2) is 5.60 Å². The SMILES string of the molecule is CCCCCCCCCCCCCCCCCC(=O)NCCCN(C)CNC(=O)CCCCCCCCCCCCCCCCC.O=C(O)CC(O)(CC(=O)O)C(=O)O. The molecule has 0 aliphatic heterocycles. The Morgan fingerprint density at radius 1 is 0.441 bits per heavy atom. The molecule has 0 rings (SSSR count). The van der Waals surface area contributed by atoms with Crippen LogP contribution in [0.15, 0.2) is 0 Å². The van der Waals surface area contributed by atoms with Gasteiger partial charge in [0.25, 0.3) is 0 Å². The number of carboxylic acids is 3. The monoisotopic (exact) mass is 842 g/mol. The van der Waals surface area contributed by atoms with E-state index in [4.69, 9.17) is 20.4 Å². The fraction of sp³-hybridized carbons (Fsp3) is 0.894. The normalized spacial score (nSPS) is 11.3. The van der Waals surface area contributed by atoms with Gasteiger partial charge in [-0.3, -0.25) is 24.1 Å². The predicted octanol–water partition coefficient (Wildman–Crippen LogP) is 10.8. The summed E-state index contributed by atoms with van der Waals surface area (Å²) >= 11 is 0. The van der Waals surface area contributed by atoms with Crippen molar-refractivity contribution in [2.24, 2.45) is 0 Å². The zero-order valence-electron chi connectivity index (χ0n) is 38.1. The first-order valence-corrected chi connectivity index (χ1v) is 24.0. The van der Waals surface area contributed by atoms with Crippen molar-refractivity contribution in [2.45, 2.75) is 244 Å². The van der Waals surface area contributed by atoms with E-state index in [9.17, 15) is 24.0 Å². The van der Waals surface area contributed by atoms with Crippen LogP contribution < -0.4 is 10.6 Å². The van der Waals surface area contributed by atoms with Crippen molar-refractivity contribution < 1.29 is 44.4 Å². The number of carbonyl (C=O) groups is 5. The fourth-order valence-corrected chi connectivity index (χ4v) is 7.08. The number of carboxylic acid groups (broad SMARTS) is 3. The number of hydrogen-bond donors (Lipinski definition) is 6. The van der Waals surface area contributed by atoms with Gasteiger partial charge in [0.1, 0.15) is 0 Å². The van der Waals surface area contributed by atoms with Gasteiger partial charge < -0.3 is 31.1 Å². The van der Waals surface area contributed by atoms with Gasteiger partial charge in [-0.1, -0.05) is 194 Å². The van der Waals surface area contributed by atoms with Gasteiger partial charge in [-0.05, 0) is 26.3 Å². The Balaban J connectivity index is 0. The van der Waals surface area contributed by atoms with Crippen LogP contribution in [0, 0.1) is 0 Å². The maximum absolute atomic E-state index is 12.2. The molecule has 348 valence electrons. The van der Waals surface area contributed by atoms with Crippen molar-refractivity contribution in [3.8, 4) is 0 Å². The van der Waals surface area contributed by atoms with Gasteiger partial charge in [0, 0.05) is 25.9 Å². The molecule has 0 atom stereocenters. The Morgan fingerprint density at radius 3 is 1.02 bits per heavy atom. The highest BCUT2D eigenvalue weighted by Crippen LogP contribution is 2.17. The van der Waals surface area contributed by atoms with Gasteiger partial charge in [0.05, 0.1) is 19.5 Å². The molecule has 0 spiro atoms. The second-order valence-electron chi connectivity index (χ2n) is 16.9. The van der Waals surface area contributed by atoms with Crippen LogP contribution >= 0.6 is 0 Å². The number of nitrogens with zero attached hydrogens (tertiary/aromatic N) is 1. The molecule has 0 unspecified atom stereocenters. The number of carbonyl (C=O) groups excluding carboxylic acids is 2. The van der Waals surface area contributed by atoms with Crippen molar-refractivity contribution >= 4 is 29.7 Å². The highest BCUT2D eigenvalue weighted by Gasteiger charge is 2.40. The predicted molar refractivity (Wildman–Crippen MR) is 239 cm³/mol. The standard InChI is InChI=1S/C41H83N3O2.C6H8O7/c1-4-6-8-10-12-14-16-18-20-22-24-26-28-30-32-35-40(45)42-37-34-38-44(3)39-43-41(46)36-33-31-29-27-25-23-21-19-17-15-13-11-9-7-5-2;7-3(8)1-6(13,5(11)12)2-4(9)10/h4-39H2,1-3H3,(H,42,45)(H,43,46);13H,1-2H2,(H,7,8)(H,9,10)(H,11,12). The highest BCUT2D eigenvalue weighted by molar-refractivity contribution is 5.88. The van der Waals surface area contributed by atoms with Gasteiger partial charge in [-0.2, -0.15) is 0 Å². The van der Waals surface area contributed by atoms with Crippen LogP contribution in [0.2, 0.25) is 0 Å². The molecule has 0 aromatic heterocycles. The van der Waals surface area contributed by atoms with Crippen LogP contribution in [0.1, 0.15) is 239 Å². The van der Waals surface area contributed by atoms with Crippen molar-refractivity contribution in [2.75, 3.05) is 26.8 Å². The van der Waals surface area contributed by atoms with Crippen LogP contribution in [0.3, 0.4) is 0 Å². The molecule has 0 fully saturated rings. The maximum atomic E-state index is 12.2. The first kappa shape index (κ1) is 58.4. The molecule has 0 aliphatic carbocycles. The smallest absolute Gasteiger partial charge is 0.336 e. The molecule has 12 heteroatoms. The van der Waals surface area contributed by atoms with Crippen molar-refractivity contribution in [3.05, 3.63) is 0 Å². The number of unbranched alkanes of at least 4 members (excludes halogenated alkanes) is 28. The lowest BCUT2D eigenvalue weighted by Gasteiger charge is -2.18. The molecule has 0 bridgehead atoms. The third-order valence-electron chi connectivity index (χ3n) is 10.9. The Morgan fingerprint density at radius 2 is 0.729 bits per heavy atom. The molecule has 0 heterocycles. The average Bonchev–Trinajstić information content (AvgIpc) is 3.18. The first-order valence-electron chi connectivity index (χ1n) is 24.0. The molecule has 0 radical (unpaired) electrons. The largest absolute Gasteiger partial charge is 0.481 e. The molecule has 12 nitrogen and oxygen atoms in total. The minimum atomic E-state index is -2.74. The van der Waals surface area contributed by atoms with E-state index in [0.29, 0.717) is 19.5 Å². The Bertz CT molecular complexity index is 1010. The molecule has 2 amide bonds. The summed E-state index contributed by atoms with van der Waals surface area (Å²) in [5, 5.41) is 39.9. The number of aliphatic hydroxyl groups is 1. The lowest BCUT2D eigenvalue weighted by Crippen LogP contribution is -2.42. The third-order valence-corrected chi connectivity index (χ3v) is 10.9. The van der Waals surface area contributed by atoms with Gasteiger partial charge >= 0.3 is 17.9 Å². The van der Waals surface area contributed by atoms with Gasteiger partial charge in [-0.15, -0.1) is 0 Å². The average molecular weight is 842 g/mol. The molecule has 6 N–H and O–H groups in total. The lowest BCUT2D eigenvalue weighted by atomic mass is 9.96. The summed E-state index contributed by atoms with van der Waals surface area (Å²) in [6.07, 6.45) is 40.3. The molecule has 59 heavy (non-hydrogen) atoms. The van der Waals surface area contributed by atoms with E-state index in [1.807, 2.05) is 7.05 Å². The fourth-order valence-electron chi connectivity index (χ4n) is 7.08. The number of rotatable bonds is 43. The van der Waals surface area contributed by atoms with E-state index in [-0.39, 0.29) is 11.8 Å². The summed E-state index contributed by atoms with van der Waals surface area (Å²) in [7, 11) is 2.03. The van der Waals surface area contributed by atoms with E-state index >= 15 is 0 Å². The first-order chi connectivity index (χ1) is 28.4. The highest BCUT2D eigenvalue weighted by atomic mass is 16.4. The molecule has 0 aromatic rings. The number of amides is 2. The zero-order chi connectivity index (χ0) is 44.2. The molecule has 0 saturated carbocycles. The van der Waals surface area contributed by atoms with Crippen LogP contribution in [-0.2, 0) is 24.0 Å². The third kappa shape index (κ3) is 44.6. The van der Waals surface area contributed by atoms with E-state index in [0.717, 1.165) is 32.4 Å². The summed E-state index contributed by atoms with van der Waals surface area (Å²) in [5.41, 5.74) is -2.74. The van der Waals surface area contributed by atoms with E-state index in [1.165, 1.54) is 180 Å². The molecule has 0 aromatic carbocycles. The Kier molecular flexibility index (Phi) is 42.9. The minimum Gasteiger partial charge on any atom is -0.481 e. The molecule has 0 aliphatic rings. The quantitative estimate of drug-likeness (QED) is 0.0254. The molecular formula is C47H91N3O9. The summed E-state index contributed by atoms with van der Waals surface area (Å²) in [6, 6.07) is 0. The Hall–Kier alpha value is -2.73. The van der Waals surface area contributed by atoms with Crippen LogP contribution in [0.4, 0.5) is 0 Å². The van der Waals surface area contributed by atoms with E-state index in [1.54, 1.807) is 0 Å². The summed E-state index contributed by atoms with van der Waals surface area (Å²) in [4.78, 5) is 56.9. The van der Waals surface area contributed by atoms with Crippen LogP contribution in [0.5, 0.6) is 0 Å². The summed E-state index contributed by atoms with van der Waals surface area (Å²) in [5.74, 6) is -4.66. The number of hydrogen-bond acceptors (Lipinski definition) is 7. The van der Waals surface area contributed by atoms with Crippen LogP contribution in [0.25, 0.3) is 0 Å². The van der Waals surface area contributed by atoms with Crippen molar-refractivity contribution in [1.29, 1.82) is 0 Å². The van der Waals surface area contributed by atoms with Crippen LogP contribution in [-0.4, -0.2) is 87.5 Å². The van der Waals surface area contributed by atoms with Gasteiger partial charge in [0.2, 0.25) is 11.8 Å².